The van der Waals surface area contributed by atoms with E-state index >= 15 is 0 Å². The monoisotopic (exact) mass is 374 g/mol. The Hall–Kier alpha value is -3.98. The van der Waals surface area contributed by atoms with Gasteiger partial charge in [-0.25, -0.2) is 9.18 Å². The molecule has 28 heavy (non-hydrogen) atoms. The fraction of sp³-hybridized carbons (Fsp3) is 0.0455. The molecule has 2 aromatic carbocycles. The van der Waals surface area contributed by atoms with Gasteiger partial charge < -0.3 is 9.47 Å². The fourth-order valence-corrected chi connectivity index (χ4v) is 2.49. The number of rotatable bonds is 5. The topological polar surface area (TPSA) is 72.2 Å². The van der Waals surface area contributed by atoms with E-state index in [9.17, 15) is 14.4 Å². The van der Waals surface area contributed by atoms with Crippen LogP contribution in [0.1, 0.15) is 21.6 Å². The van der Waals surface area contributed by atoms with Gasteiger partial charge in [0.1, 0.15) is 11.9 Å². The van der Waals surface area contributed by atoms with Gasteiger partial charge in [0.25, 0.3) is 0 Å². The van der Waals surface area contributed by atoms with E-state index in [-0.39, 0.29) is 17.1 Å². The molecule has 0 saturated heterocycles. The smallest absolute Gasteiger partial charge is 0.346 e. The molecule has 0 radical (unpaired) electrons. The van der Waals surface area contributed by atoms with E-state index in [1.165, 1.54) is 31.4 Å². The second-order valence-corrected chi connectivity index (χ2v) is 5.66. The number of nitriles is 1. The zero-order chi connectivity index (χ0) is 19.9. The van der Waals surface area contributed by atoms with Gasteiger partial charge in [0.2, 0.25) is 0 Å². The molecule has 138 valence electrons. The summed E-state index contributed by atoms with van der Waals surface area (Å²) in [6.07, 6.45) is 3.25. The number of halogens is 1. The van der Waals surface area contributed by atoms with E-state index in [1.807, 2.05) is 0 Å². The first kappa shape index (κ1) is 18.8. The molecule has 0 saturated carbocycles. The van der Waals surface area contributed by atoms with Crippen molar-refractivity contribution >= 4 is 17.6 Å². The Kier molecular flexibility index (Phi) is 5.78. The molecule has 0 N–H and O–H groups in total. The minimum Gasteiger partial charge on any atom is -0.493 e. The van der Waals surface area contributed by atoms with Gasteiger partial charge in [-0.15, -0.1) is 0 Å². The summed E-state index contributed by atoms with van der Waals surface area (Å²) in [5.41, 5.74) is 1.40. The molecule has 0 atom stereocenters. The summed E-state index contributed by atoms with van der Waals surface area (Å²) in [5, 5.41) is 9.40. The van der Waals surface area contributed by atoms with Crippen LogP contribution in [-0.4, -0.2) is 18.1 Å². The molecule has 3 rings (SSSR count). The summed E-state index contributed by atoms with van der Waals surface area (Å²) in [6, 6.07) is 17.8. The number of carbonyl (C=O) groups excluding carboxylic acids is 1. The van der Waals surface area contributed by atoms with Crippen LogP contribution in [0, 0.1) is 17.1 Å². The van der Waals surface area contributed by atoms with Crippen LogP contribution in [0.15, 0.2) is 66.9 Å². The first-order valence-corrected chi connectivity index (χ1v) is 8.30. The third kappa shape index (κ3) is 4.22. The van der Waals surface area contributed by atoms with Crippen LogP contribution in [-0.2, 0) is 0 Å². The molecule has 5 nitrogen and oxygen atoms in total. The Morgan fingerprint density at radius 3 is 2.57 bits per heavy atom. The van der Waals surface area contributed by atoms with Crippen molar-refractivity contribution in [1.82, 2.24) is 4.98 Å². The normalized spacial score (nSPS) is 10.8. The number of nitrogens with zero attached hydrogens (tertiary/aromatic N) is 2. The third-order valence-corrected chi connectivity index (χ3v) is 3.86. The van der Waals surface area contributed by atoms with Gasteiger partial charge >= 0.3 is 5.97 Å². The second-order valence-electron chi connectivity index (χ2n) is 5.66. The van der Waals surface area contributed by atoms with Crippen molar-refractivity contribution in [3.05, 3.63) is 89.5 Å². The van der Waals surface area contributed by atoms with E-state index in [2.05, 4.69) is 11.1 Å². The lowest BCUT2D eigenvalue weighted by Crippen LogP contribution is -2.11. The maximum atomic E-state index is 13.8. The molecular weight excluding hydrogens is 359 g/mol. The van der Waals surface area contributed by atoms with Crippen LogP contribution in [0.4, 0.5) is 4.39 Å². The highest BCUT2D eigenvalue weighted by molar-refractivity contribution is 5.92. The van der Waals surface area contributed by atoms with Crippen molar-refractivity contribution in [2.75, 3.05) is 7.11 Å². The number of methoxy groups -OCH3 is 1. The Labute approximate surface area is 161 Å². The van der Waals surface area contributed by atoms with Gasteiger partial charge in [0, 0.05) is 6.20 Å². The largest absolute Gasteiger partial charge is 0.493 e. The van der Waals surface area contributed by atoms with Crippen molar-refractivity contribution < 1.29 is 18.7 Å². The number of aromatic nitrogens is 1. The van der Waals surface area contributed by atoms with Crippen LogP contribution >= 0.6 is 0 Å². The quantitative estimate of drug-likeness (QED) is 0.373. The summed E-state index contributed by atoms with van der Waals surface area (Å²) < 4.78 is 24.3. The van der Waals surface area contributed by atoms with Crippen molar-refractivity contribution in [3.8, 4) is 17.6 Å². The van der Waals surface area contributed by atoms with Gasteiger partial charge in [-0.05, 0) is 48.0 Å². The molecule has 3 aromatic rings. The maximum Gasteiger partial charge on any atom is 0.346 e. The van der Waals surface area contributed by atoms with Crippen molar-refractivity contribution in [2.45, 2.75) is 0 Å². The van der Waals surface area contributed by atoms with Crippen molar-refractivity contribution in [2.24, 2.45) is 0 Å². The maximum absolute atomic E-state index is 13.8. The molecule has 6 heteroatoms. The summed E-state index contributed by atoms with van der Waals surface area (Å²) in [5.74, 6) is -1.08. The lowest BCUT2D eigenvalue weighted by Gasteiger charge is -2.10. The standard InChI is InChI=1S/C22H15FN2O3/c1-27-21-13-15(12-16(14-24)19-8-4-5-11-25-19)9-10-20(21)28-22(26)17-6-2-3-7-18(17)23/h2-13H,1H3/b16-12+. The van der Waals surface area contributed by atoms with E-state index in [0.717, 1.165) is 0 Å². The number of ether oxygens (including phenoxy) is 2. The van der Waals surface area contributed by atoms with Gasteiger partial charge in [0.15, 0.2) is 11.5 Å². The molecule has 0 aliphatic heterocycles. The van der Waals surface area contributed by atoms with E-state index in [1.54, 1.807) is 48.7 Å². The van der Waals surface area contributed by atoms with Crippen molar-refractivity contribution in [1.29, 1.82) is 5.26 Å². The average molecular weight is 374 g/mol. The van der Waals surface area contributed by atoms with E-state index in [0.29, 0.717) is 16.8 Å². The first-order valence-electron chi connectivity index (χ1n) is 8.30. The molecule has 0 aliphatic rings. The first-order chi connectivity index (χ1) is 13.6. The molecular formula is C22H15FN2O3. The van der Waals surface area contributed by atoms with E-state index in [4.69, 9.17) is 9.47 Å². The average Bonchev–Trinajstić information content (AvgIpc) is 2.73. The molecule has 0 spiro atoms. The Balaban J connectivity index is 1.89. The predicted molar refractivity (Wildman–Crippen MR) is 102 cm³/mol. The minimum atomic E-state index is -0.828. The molecule has 0 fully saturated rings. The SMILES string of the molecule is COc1cc(/C=C(\C#N)c2ccccn2)ccc1OC(=O)c1ccccc1F. The molecule has 0 bridgehead atoms. The number of hydrogen-bond donors (Lipinski definition) is 0. The van der Waals surface area contributed by atoms with Crippen LogP contribution in [0.2, 0.25) is 0 Å². The summed E-state index contributed by atoms with van der Waals surface area (Å²) in [4.78, 5) is 16.4. The number of hydrogen-bond acceptors (Lipinski definition) is 5. The van der Waals surface area contributed by atoms with Crippen LogP contribution in [0.5, 0.6) is 11.5 Å². The fourth-order valence-electron chi connectivity index (χ4n) is 2.49. The highest BCUT2D eigenvalue weighted by Gasteiger charge is 2.16. The third-order valence-electron chi connectivity index (χ3n) is 3.86. The van der Waals surface area contributed by atoms with Gasteiger partial charge in [-0.3, -0.25) is 4.98 Å². The molecule has 0 amide bonds. The number of allylic oxidation sites excluding steroid dienone is 1. The van der Waals surface area contributed by atoms with Crippen LogP contribution < -0.4 is 9.47 Å². The Morgan fingerprint density at radius 2 is 1.89 bits per heavy atom. The van der Waals surface area contributed by atoms with Gasteiger partial charge in [-0.2, -0.15) is 5.26 Å². The number of esters is 1. The molecule has 0 unspecified atom stereocenters. The summed E-state index contributed by atoms with van der Waals surface area (Å²) >= 11 is 0. The molecule has 1 aromatic heterocycles. The summed E-state index contributed by atoms with van der Waals surface area (Å²) in [6.45, 7) is 0. The summed E-state index contributed by atoms with van der Waals surface area (Å²) in [7, 11) is 1.42. The molecule has 1 heterocycles. The highest BCUT2D eigenvalue weighted by Crippen LogP contribution is 2.30. The van der Waals surface area contributed by atoms with Crippen LogP contribution in [0.25, 0.3) is 11.6 Å². The number of carbonyl (C=O) groups is 1. The molecule has 0 aliphatic carbocycles. The van der Waals surface area contributed by atoms with Crippen LogP contribution in [0.3, 0.4) is 0 Å². The number of pyridine rings is 1. The van der Waals surface area contributed by atoms with Crippen molar-refractivity contribution in [3.63, 3.8) is 0 Å². The van der Waals surface area contributed by atoms with E-state index < -0.39 is 11.8 Å². The Morgan fingerprint density at radius 1 is 1.11 bits per heavy atom. The lowest BCUT2D eigenvalue weighted by atomic mass is 10.1. The minimum absolute atomic E-state index is 0.143. The second kappa shape index (κ2) is 8.60. The van der Waals surface area contributed by atoms with Gasteiger partial charge in [-0.1, -0.05) is 24.3 Å². The Bertz CT molecular complexity index is 1070. The number of benzene rings is 2. The lowest BCUT2D eigenvalue weighted by molar-refractivity contribution is 0.0725. The highest BCUT2D eigenvalue weighted by atomic mass is 19.1. The zero-order valence-corrected chi connectivity index (χ0v) is 14.9. The predicted octanol–water partition coefficient (Wildman–Crippen LogP) is 4.51. The zero-order valence-electron chi connectivity index (χ0n) is 14.9. The van der Waals surface area contributed by atoms with Gasteiger partial charge in [0.05, 0.1) is 23.9 Å².